The fourth-order valence-electron chi connectivity index (χ4n) is 2.72. The first-order valence-corrected chi connectivity index (χ1v) is 10.2. The first-order chi connectivity index (χ1) is 13.8. The van der Waals surface area contributed by atoms with Gasteiger partial charge in [0.05, 0.1) is 19.3 Å². The van der Waals surface area contributed by atoms with Gasteiger partial charge >= 0.3 is 0 Å². The minimum Gasteiger partial charge on any atom is -0.398 e. The van der Waals surface area contributed by atoms with E-state index >= 15 is 0 Å². The van der Waals surface area contributed by atoms with Crippen LogP contribution in [0.3, 0.4) is 0 Å². The molecule has 0 aliphatic carbocycles. The number of rotatable bonds is 8. The smallest absolute Gasteiger partial charge is 0.252 e. The van der Waals surface area contributed by atoms with E-state index in [9.17, 15) is 14.7 Å². The van der Waals surface area contributed by atoms with E-state index in [1.54, 1.807) is 13.8 Å². The number of carbonyl (C=O) groups excluding carboxylic acids is 2. The molecule has 8 nitrogen and oxygen atoms in total. The molecule has 0 aliphatic rings. The van der Waals surface area contributed by atoms with Gasteiger partial charge in [-0.1, -0.05) is 34.6 Å². The molecule has 1 aromatic carbocycles. The molecule has 0 bridgehead atoms. The van der Waals surface area contributed by atoms with Crippen LogP contribution in [0.2, 0.25) is 0 Å². The molecule has 0 aromatic heterocycles. The predicted octanol–water partition coefficient (Wildman–Crippen LogP) is 1.31. The Hall–Kier alpha value is -2.16. The highest BCUT2D eigenvalue weighted by atomic mass is 16.3. The van der Waals surface area contributed by atoms with E-state index in [1.165, 1.54) is 0 Å². The van der Waals surface area contributed by atoms with Gasteiger partial charge < -0.3 is 31.7 Å². The molecule has 0 saturated carbocycles. The van der Waals surface area contributed by atoms with Crippen LogP contribution in [0.25, 0.3) is 0 Å². The predicted molar refractivity (Wildman–Crippen MR) is 117 cm³/mol. The van der Waals surface area contributed by atoms with E-state index in [2.05, 4.69) is 10.6 Å². The number of anilines is 1. The van der Waals surface area contributed by atoms with Crippen molar-refractivity contribution in [2.45, 2.75) is 61.0 Å². The van der Waals surface area contributed by atoms with Crippen molar-refractivity contribution in [1.82, 2.24) is 10.6 Å². The molecule has 1 rings (SSSR count). The maximum absolute atomic E-state index is 12.6. The van der Waals surface area contributed by atoms with Gasteiger partial charge in [0.25, 0.3) is 11.8 Å². The van der Waals surface area contributed by atoms with E-state index in [1.807, 2.05) is 34.6 Å². The van der Waals surface area contributed by atoms with Crippen LogP contribution < -0.4 is 16.4 Å². The Kier molecular flexibility index (Phi) is 15.8. The minimum absolute atomic E-state index is 0.0967. The third kappa shape index (κ3) is 8.00. The summed E-state index contributed by atoms with van der Waals surface area (Å²) < 4.78 is 0. The molecule has 0 spiro atoms. The number of aliphatic hydroxyl groups is 3. The van der Waals surface area contributed by atoms with Crippen LogP contribution in [-0.2, 0) is 6.42 Å². The van der Waals surface area contributed by atoms with Crippen LogP contribution in [0.15, 0.2) is 0 Å². The lowest BCUT2D eigenvalue weighted by molar-refractivity contribution is 0.0801. The van der Waals surface area contributed by atoms with Gasteiger partial charge in [0.15, 0.2) is 0 Å². The second kappa shape index (κ2) is 15.7. The fourth-order valence-corrected chi connectivity index (χ4v) is 2.72. The van der Waals surface area contributed by atoms with Gasteiger partial charge in [-0.2, -0.15) is 0 Å². The first-order valence-electron chi connectivity index (χ1n) is 10.2. The van der Waals surface area contributed by atoms with Crippen LogP contribution in [0, 0.1) is 13.8 Å². The summed E-state index contributed by atoms with van der Waals surface area (Å²) in [6.45, 7) is 12.6. The Morgan fingerprint density at radius 3 is 1.79 bits per heavy atom. The molecule has 1 aromatic rings. The topological polar surface area (TPSA) is 145 Å². The lowest BCUT2D eigenvalue weighted by atomic mass is 9.88. The Morgan fingerprint density at radius 1 is 0.966 bits per heavy atom. The minimum atomic E-state index is -1.07. The summed E-state index contributed by atoms with van der Waals surface area (Å²) in [4.78, 5) is 25.1. The molecule has 0 saturated heterocycles. The van der Waals surface area contributed by atoms with E-state index in [4.69, 9.17) is 15.9 Å². The number of aliphatic hydroxyl groups excluding tert-OH is 3. The van der Waals surface area contributed by atoms with Crippen molar-refractivity contribution in [3.63, 3.8) is 0 Å². The third-order valence-corrected chi connectivity index (χ3v) is 4.08. The number of nitrogens with two attached hydrogens (primary N) is 1. The highest BCUT2D eigenvalue weighted by Crippen LogP contribution is 2.30. The Labute approximate surface area is 174 Å². The lowest BCUT2D eigenvalue weighted by Crippen LogP contribution is -2.36. The highest BCUT2D eigenvalue weighted by molar-refractivity contribution is 6.06. The number of nitrogen functional groups attached to an aromatic ring is 1. The molecule has 168 valence electrons. The van der Waals surface area contributed by atoms with Crippen molar-refractivity contribution in [2.75, 3.05) is 32.0 Å². The molecule has 8 heteroatoms. The van der Waals surface area contributed by atoms with Crippen molar-refractivity contribution in [3.05, 3.63) is 27.8 Å². The molecule has 0 heterocycles. The molecule has 7 N–H and O–H groups in total. The summed E-state index contributed by atoms with van der Waals surface area (Å²) >= 11 is 0. The Morgan fingerprint density at radius 2 is 1.41 bits per heavy atom. The SMILES string of the molecule is CC.CC.CCc1c(C(=O)NCCO)c(C)c(N)c(C)c1C(=O)NCC(O)CO. The summed E-state index contributed by atoms with van der Waals surface area (Å²) in [7, 11) is 0. The molecular formula is C21H39N3O5. The molecule has 2 amide bonds. The average Bonchev–Trinajstić information content (AvgIpc) is 2.76. The van der Waals surface area contributed by atoms with Gasteiger partial charge in [-0.25, -0.2) is 0 Å². The molecule has 0 aliphatic heterocycles. The zero-order valence-corrected chi connectivity index (χ0v) is 18.8. The number of hydrogen-bond acceptors (Lipinski definition) is 6. The number of nitrogens with one attached hydrogen (secondary N) is 2. The van der Waals surface area contributed by atoms with Gasteiger partial charge in [0, 0.05) is 29.9 Å². The van der Waals surface area contributed by atoms with Gasteiger partial charge in [0.2, 0.25) is 0 Å². The van der Waals surface area contributed by atoms with Crippen LogP contribution in [0.5, 0.6) is 0 Å². The van der Waals surface area contributed by atoms with Crippen LogP contribution in [-0.4, -0.2) is 59.5 Å². The fraction of sp³-hybridized carbons (Fsp3) is 0.619. The van der Waals surface area contributed by atoms with Crippen molar-refractivity contribution >= 4 is 17.5 Å². The van der Waals surface area contributed by atoms with Gasteiger partial charge in [-0.05, 0) is 37.0 Å². The van der Waals surface area contributed by atoms with E-state index in [0.29, 0.717) is 39.9 Å². The first kappa shape index (κ1) is 29.0. The largest absolute Gasteiger partial charge is 0.398 e. The van der Waals surface area contributed by atoms with Gasteiger partial charge in [-0.3, -0.25) is 9.59 Å². The summed E-state index contributed by atoms with van der Waals surface area (Å²) in [6.07, 6.45) is -0.640. The number of hydrogen-bond donors (Lipinski definition) is 6. The maximum atomic E-state index is 12.6. The van der Waals surface area contributed by atoms with Crippen LogP contribution >= 0.6 is 0 Å². The van der Waals surface area contributed by atoms with Crippen LogP contribution in [0.4, 0.5) is 5.69 Å². The second-order valence-electron chi connectivity index (χ2n) is 5.77. The number of carbonyl (C=O) groups is 2. The van der Waals surface area contributed by atoms with Crippen LogP contribution in [0.1, 0.15) is 72.0 Å². The van der Waals surface area contributed by atoms with Crippen molar-refractivity contribution < 1.29 is 24.9 Å². The molecule has 29 heavy (non-hydrogen) atoms. The second-order valence-corrected chi connectivity index (χ2v) is 5.77. The van der Waals surface area contributed by atoms with E-state index in [-0.39, 0.29) is 19.7 Å². The standard InChI is InChI=1S/C17H27N3O5.2C2H6/c1-4-12-13(16(24)19-5-6-21)9(2)15(18)10(3)14(12)17(25)20-7-11(23)8-22;2*1-2/h11,21-23H,4-8,18H2,1-3H3,(H,19,24)(H,20,25);2*1-2H3. The normalized spacial score (nSPS) is 10.7. The summed E-state index contributed by atoms with van der Waals surface area (Å²) in [5.74, 6) is -0.871. The zero-order chi connectivity index (χ0) is 23.1. The summed E-state index contributed by atoms with van der Waals surface area (Å²) in [5, 5.41) is 32.3. The molecule has 1 atom stereocenters. The van der Waals surface area contributed by atoms with Gasteiger partial charge in [-0.15, -0.1) is 0 Å². The Balaban J connectivity index is 0. The van der Waals surface area contributed by atoms with E-state index < -0.39 is 24.5 Å². The van der Waals surface area contributed by atoms with Crippen molar-refractivity contribution in [1.29, 1.82) is 0 Å². The van der Waals surface area contributed by atoms with Crippen molar-refractivity contribution in [3.8, 4) is 0 Å². The molecule has 1 unspecified atom stereocenters. The molecular weight excluding hydrogens is 374 g/mol. The lowest BCUT2D eigenvalue weighted by Gasteiger charge is -2.21. The quantitative estimate of drug-likeness (QED) is 0.354. The third-order valence-electron chi connectivity index (χ3n) is 4.08. The summed E-state index contributed by atoms with van der Waals surface area (Å²) in [6, 6.07) is 0. The monoisotopic (exact) mass is 413 g/mol. The zero-order valence-electron chi connectivity index (χ0n) is 18.8. The maximum Gasteiger partial charge on any atom is 0.252 e. The number of amides is 2. The molecule has 0 radical (unpaired) electrons. The molecule has 0 fully saturated rings. The Bertz CT molecular complexity index is 648. The highest BCUT2D eigenvalue weighted by Gasteiger charge is 2.25. The van der Waals surface area contributed by atoms with E-state index in [0.717, 1.165) is 0 Å². The average molecular weight is 414 g/mol. The van der Waals surface area contributed by atoms with Gasteiger partial charge in [0.1, 0.15) is 0 Å². The number of benzene rings is 1. The summed E-state index contributed by atoms with van der Waals surface area (Å²) in [5.41, 5.74) is 8.75. The van der Waals surface area contributed by atoms with Crippen molar-refractivity contribution in [2.24, 2.45) is 0 Å².